The number of aryl methyl sites for hydroxylation is 2. The number of aromatic nitrogens is 2. The molecule has 0 aliphatic carbocycles. The van der Waals surface area contributed by atoms with Gasteiger partial charge in [0, 0.05) is 17.5 Å². The Kier molecular flexibility index (Phi) is 4.80. The molecule has 0 saturated carbocycles. The lowest BCUT2D eigenvalue weighted by atomic mass is 10.1. The zero-order valence-electron chi connectivity index (χ0n) is 12.5. The van der Waals surface area contributed by atoms with Gasteiger partial charge in [-0.15, -0.1) is 0 Å². The van der Waals surface area contributed by atoms with Crippen molar-refractivity contribution < 1.29 is 30.6 Å². The molecule has 0 N–H and O–H groups in total. The molecule has 24 heavy (non-hydrogen) atoms. The summed E-state index contributed by atoms with van der Waals surface area (Å²) in [5.74, 6) is -1.52. The van der Waals surface area contributed by atoms with Crippen molar-refractivity contribution in [2.24, 2.45) is 7.05 Å². The van der Waals surface area contributed by atoms with Crippen LogP contribution < -0.4 is 0 Å². The lowest BCUT2D eigenvalue weighted by molar-refractivity contribution is -0.141. The summed E-state index contributed by atoms with van der Waals surface area (Å²) in [6, 6.07) is 4.86. The maximum Gasteiger partial charge on any atom is 0.435 e. The SMILES string of the molecule is Cc1ccc(-c2cc(C(F)(F)F)nn2C)cc1S(=O)CC(F)(F)F. The average Bonchev–Trinajstić information content (AvgIpc) is 2.79. The second kappa shape index (κ2) is 6.23. The Morgan fingerprint density at radius 1 is 1.12 bits per heavy atom. The molecule has 0 fully saturated rings. The van der Waals surface area contributed by atoms with Crippen molar-refractivity contribution in [1.29, 1.82) is 0 Å². The highest BCUT2D eigenvalue weighted by Gasteiger charge is 2.35. The number of alkyl halides is 6. The van der Waals surface area contributed by atoms with Gasteiger partial charge in [-0.2, -0.15) is 31.4 Å². The molecule has 0 aliphatic rings. The molecular weight excluding hydrogens is 358 g/mol. The van der Waals surface area contributed by atoms with E-state index in [-0.39, 0.29) is 16.2 Å². The van der Waals surface area contributed by atoms with Crippen molar-refractivity contribution in [2.45, 2.75) is 24.2 Å². The highest BCUT2D eigenvalue weighted by molar-refractivity contribution is 7.85. The van der Waals surface area contributed by atoms with Gasteiger partial charge in [0.15, 0.2) is 5.69 Å². The van der Waals surface area contributed by atoms with Crippen molar-refractivity contribution in [3.8, 4) is 11.3 Å². The molecular formula is C14H12F6N2OS. The number of halogens is 6. The second-order valence-electron chi connectivity index (χ2n) is 5.12. The molecule has 1 aromatic heterocycles. The van der Waals surface area contributed by atoms with E-state index in [1.165, 1.54) is 32.2 Å². The van der Waals surface area contributed by atoms with Crippen LogP contribution in [0.4, 0.5) is 26.3 Å². The van der Waals surface area contributed by atoms with Crippen LogP contribution in [0.3, 0.4) is 0 Å². The van der Waals surface area contributed by atoms with E-state index in [2.05, 4.69) is 5.10 Å². The van der Waals surface area contributed by atoms with E-state index in [1.54, 1.807) is 0 Å². The molecule has 1 aromatic carbocycles. The Bertz CT molecular complexity index is 779. The van der Waals surface area contributed by atoms with Gasteiger partial charge in [0.25, 0.3) is 0 Å². The van der Waals surface area contributed by atoms with Crippen LogP contribution in [-0.2, 0) is 24.0 Å². The Morgan fingerprint density at radius 3 is 2.25 bits per heavy atom. The minimum atomic E-state index is -4.64. The molecule has 0 aliphatic heterocycles. The van der Waals surface area contributed by atoms with Gasteiger partial charge in [-0.25, -0.2) is 0 Å². The predicted molar refractivity (Wildman–Crippen MR) is 75.7 cm³/mol. The zero-order valence-corrected chi connectivity index (χ0v) is 13.3. The summed E-state index contributed by atoms with van der Waals surface area (Å²) in [5.41, 5.74) is -0.484. The molecule has 1 unspecified atom stereocenters. The summed E-state index contributed by atoms with van der Waals surface area (Å²) in [6.45, 7) is 1.48. The highest BCUT2D eigenvalue weighted by Crippen LogP contribution is 2.32. The van der Waals surface area contributed by atoms with E-state index in [0.29, 0.717) is 5.56 Å². The number of hydrogen-bond donors (Lipinski definition) is 0. The number of nitrogens with zero attached hydrogens (tertiary/aromatic N) is 2. The van der Waals surface area contributed by atoms with Crippen LogP contribution >= 0.6 is 0 Å². The van der Waals surface area contributed by atoms with Gasteiger partial charge in [-0.3, -0.25) is 8.89 Å². The first kappa shape index (κ1) is 18.5. The Morgan fingerprint density at radius 2 is 1.75 bits per heavy atom. The summed E-state index contributed by atoms with van der Waals surface area (Å²) >= 11 is 0. The van der Waals surface area contributed by atoms with Crippen LogP contribution in [-0.4, -0.2) is 25.9 Å². The molecule has 10 heteroatoms. The summed E-state index contributed by atoms with van der Waals surface area (Å²) < 4.78 is 88.2. The monoisotopic (exact) mass is 370 g/mol. The van der Waals surface area contributed by atoms with Gasteiger partial charge < -0.3 is 0 Å². The van der Waals surface area contributed by atoms with Gasteiger partial charge in [0.1, 0.15) is 5.75 Å². The summed E-state index contributed by atoms with van der Waals surface area (Å²) in [5, 5.41) is 3.35. The second-order valence-corrected chi connectivity index (χ2v) is 6.54. The molecule has 0 spiro atoms. The van der Waals surface area contributed by atoms with E-state index in [4.69, 9.17) is 0 Å². The van der Waals surface area contributed by atoms with Gasteiger partial charge >= 0.3 is 12.4 Å². The van der Waals surface area contributed by atoms with Gasteiger partial charge in [0.05, 0.1) is 16.5 Å². The van der Waals surface area contributed by atoms with Crippen LogP contribution in [0.15, 0.2) is 29.2 Å². The van der Waals surface area contributed by atoms with E-state index in [0.717, 1.165) is 10.7 Å². The fraction of sp³-hybridized carbons (Fsp3) is 0.357. The van der Waals surface area contributed by atoms with Crippen molar-refractivity contribution in [3.05, 3.63) is 35.5 Å². The van der Waals surface area contributed by atoms with Crippen LogP contribution in [0, 0.1) is 6.92 Å². The fourth-order valence-corrected chi connectivity index (χ4v) is 3.25. The Labute approximate surface area is 135 Å². The third kappa shape index (κ3) is 4.16. The maximum atomic E-state index is 12.7. The van der Waals surface area contributed by atoms with Crippen LogP contribution in [0.25, 0.3) is 11.3 Å². The average molecular weight is 370 g/mol. The normalized spacial score (nSPS) is 14.0. The lowest BCUT2D eigenvalue weighted by Gasteiger charge is -2.11. The zero-order chi connectivity index (χ0) is 18.3. The van der Waals surface area contributed by atoms with Gasteiger partial charge in [-0.1, -0.05) is 12.1 Å². The quantitative estimate of drug-likeness (QED) is 0.763. The molecule has 1 heterocycles. The third-order valence-electron chi connectivity index (χ3n) is 3.19. The first-order valence-corrected chi connectivity index (χ1v) is 7.88. The molecule has 0 saturated heterocycles. The predicted octanol–water partition coefficient (Wildman–Crippen LogP) is 4.08. The maximum absolute atomic E-state index is 12.7. The minimum Gasteiger partial charge on any atom is -0.267 e. The standard InChI is InChI=1S/C14H12F6N2OS/c1-8-3-4-9(5-11(8)24(23)7-13(15,16)17)10-6-12(14(18,19)20)21-22(10)2/h3-6H,7H2,1-2H3. The van der Waals surface area contributed by atoms with Crippen molar-refractivity contribution in [1.82, 2.24) is 9.78 Å². The van der Waals surface area contributed by atoms with E-state index in [1.807, 2.05) is 0 Å². The Hall–Kier alpha value is -1.84. The molecule has 2 rings (SSSR count). The fourth-order valence-electron chi connectivity index (χ4n) is 2.11. The van der Waals surface area contributed by atoms with Crippen LogP contribution in [0.5, 0.6) is 0 Å². The topological polar surface area (TPSA) is 34.9 Å². The van der Waals surface area contributed by atoms with Gasteiger partial charge in [-0.05, 0) is 24.6 Å². The highest BCUT2D eigenvalue weighted by atomic mass is 32.2. The summed E-state index contributed by atoms with van der Waals surface area (Å²) in [4.78, 5) is -0.0698. The first-order valence-electron chi connectivity index (χ1n) is 6.56. The number of benzene rings is 1. The number of hydrogen-bond acceptors (Lipinski definition) is 2. The smallest absolute Gasteiger partial charge is 0.267 e. The molecule has 3 nitrogen and oxygen atoms in total. The molecule has 132 valence electrons. The van der Waals surface area contributed by atoms with Crippen molar-refractivity contribution in [3.63, 3.8) is 0 Å². The van der Waals surface area contributed by atoms with E-state index in [9.17, 15) is 30.6 Å². The molecule has 1 atom stereocenters. The van der Waals surface area contributed by atoms with Gasteiger partial charge in [0.2, 0.25) is 0 Å². The van der Waals surface area contributed by atoms with E-state index < -0.39 is 34.6 Å². The van der Waals surface area contributed by atoms with Crippen LogP contribution in [0.1, 0.15) is 11.3 Å². The summed E-state index contributed by atoms with van der Waals surface area (Å²) in [7, 11) is -1.05. The molecule has 0 radical (unpaired) electrons. The molecule has 2 aromatic rings. The Balaban J connectivity index is 2.45. The molecule has 0 bridgehead atoms. The van der Waals surface area contributed by atoms with E-state index >= 15 is 0 Å². The van der Waals surface area contributed by atoms with Crippen LogP contribution in [0.2, 0.25) is 0 Å². The third-order valence-corrected chi connectivity index (χ3v) is 4.71. The molecule has 0 amide bonds. The minimum absolute atomic E-state index is 0.0626. The summed E-state index contributed by atoms with van der Waals surface area (Å²) in [6.07, 6.45) is -9.24. The largest absolute Gasteiger partial charge is 0.435 e. The van der Waals surface area contributed by atoms with Crippen molar-refractivity contribution >= 4 is 10.8 Å². The van der Waals surface area contributed by atoms with Crippen molar-refractivity contribution in [2.75, 3.05) is 5.75 Å². The number of rotatable bonds is 3. The lowest BCUT2D eigenvalue weighted by Crippen LogP contribution is -2.19. The first-order chi connectivity index (χ1) is 10.9.